The molecule has 2 rings (SSSR count). The van der Waals surface area contributed by atoms with E-state index in [1.165, 1.54) is 0 Å². The first-order valence-electron chi connectivity index (χ1n) is 7.93. The number of benzene rings is 1. The Hall–Kier alpha value is -1.10. The molecule has 0 spiro atoms. The van der Waals surface area contributed by atoms with Crippen LogP contribution in [-0.4, -0.2) is 38.0 Å². The molecule has 1 aromatic carbocycles. The summed E-state index contributed by atoms with van der Waals surface area (Å²) < 4.78 is 0. The van der Waals surface area contributed by atoms with Crippen molar-refractivity contribution in [1.82, 2.24) is 10.2 Å². The van der Waals surface area contributed by atoms with Gasteiger partial charge in [0.2, 0.25) is 5.91 Å². The van der Waals surface area contributed by atoms with Crippen LogP contribution in [0.4, 0.5) is 0 Å². The summed E-state index contributed by atoms with van der Waals surface area (Å²) in [5.74, 6) is 0.532. The minimum Gasteiger partial charge on any atom is -0.354 e. The quantitative estimate of drug-likeness (QED) is 0.845. The van der Waals surface area contributed by atoms with Gasteiger partial charge in [-0.1, -0.05) is 36.2 Å². The summed E-state index contributed by atoms with van der Waals surface area (Å²) in [6, 6.07) is 7.85. The molecule has 0 heterocycles. The number of halogens is 1. The maximum Gasteiger partial charge on any atom is 0.223 e. The van der Waals surface area contributed by atoms with Crippen molar-refractivity contribution < 1.29 is 4.79 Å². The molecule has 0 bridgehead atoms. The number of hydrogen-bond acceptors (Lipinski definition) is 3. The van der Waals surface area contributed by atoms with E-state index >= 15 is 0 Å². The number of nitrogens with zero attached hydrogens (tertiary/aromatic N) is 1. The van der Waals surface area contributed by atoms with Crippen molar-refractivity contribution in [3.8, 4) is 0 Å². The third kappa shape index (κ3) is 4.00. The lowest BCUT2D eigenvalue weighted by Gasteiger charge is -2.27. The molecule has 1 aliphatic carbocycles. The summed E-state index contributed by atoms with van der Waals surface area (Å²) in [5, 5.41) is 3.83. The highest BCUT2D eigenvalue weighted by Crippen LogP contribution is 2.31. The van der Waals surface area contributed by atoms with Crippen molar-refractivity contribution in [2.45, 2.75) is 25.3 Å². The summed E-state index contributed by atoms with van der Waals surface area (Å²) in [6.45, 7) is 1.16. The molecule has 1 unspecified atom stereocenters. The predicted octanol–water partition coefficient (Wildman–Crippen LogP) is 2.43. The predicted molar refractivity (Wildman–Crippen MR) is 90.8 cm³/mol. The van der Waals surface area contributed by atoms with Gasteiger partial charge < -0.3 is 16.0 Å². The average Bonchev–Trinajstić information content (AvgIpc) is 2.97. The smallest absolute Gasteiger partial charge is 0.223 e. The highest BCUT2D eigenvalue weighted by Gasteiger charge is 2.32. The summed E-state index contributed by atoms with van der Waals surface area (Å²) in [7, 11) is 4.00. The molecule has 4 nitrogen and oxygen atoms in total. The molecule has 122 valence electrons. The van der Waals surface area contributed by atoms with Gasteiger partial charge in [0.15, 0.2) is 0 Å². The number of hydrogen-bond donors (Lipinski definition) is 2. The molecule has 5 heteroatoms. The second-order valence-electron chi connectivity index (χ2n) is 6.28. The maximum absolute atomic E-state index is 12.4. The number of likely N-dealkylation sites (N-methyl/N-ethyl adjacent to an activating group) is 1. The topological polar surface area (TPSA) is 58.4 Å². The first-order chi connectivity index (χ1) is 10.5. The molecule has 0 saturated heterocycles. The van der Waals surface area contributed by atoms with Crippen molar-refractivity contribution in [2.24, 2.45) is 17.6 Å². The highest BCUT2D eigenvalue weighted by molar-refractivity contribution is 6.31. The second kappa shape index (κ2) is 7.95. The van der Waals surface area contributed by atoms with Crippen molar-refractivity contribution in [3.63, 3.8) is 0 Å². The van der Waals surface area contributed by atoms with Crippen molar-refractivity contribution in [3.05, 3.63) is 34.9 Å². The highest BCUT2D eigenvalue weighted by atomic mass is 35.5. The van der Waals surface area contributed by atoms with E-state index in [0.717, 1.165) is 29.8 Å². The largest absolute Gasteiger partial charge is 0.354 e. The van der Waals surface area contributed by atoms with Gasteiger partial charge in [0.05, 0.1) is 6.04 Å². The Morgan fingerprint density at radius 1 is 1.41 bits per heavy atom. The molecule has 1 aliphatic rings. The van der Waals surface area contributed by atoms with Crippen molar-refractivity contribution in [2.75, 3.05) is 27.2 Å². The molecule has 3 atom stereocenters. The molecule has 1 amide bonds. The Kier molecular flexibility index (Phi) is 6.24. The van der Waals surface area contributed by atoms with Crippen LogP contribution in [0.1, 0.15) is 30.9 Å². The molecule has 0 aliphatic heterocycles. The minimum atomic E-state index is 0.0652. The number of nitrogens with two attached hydrogens (primary N) is 1. The van der Waals surface area contributed by atoms with Crippen LogP contribution in [0.25, 0.3) is 0 Å². The Labute approximate surface area is 138 Å². The molecular formula is C17H26ClN3O. The van der Waals surface area contributed by atoms with Gasteiger partial charge in [-0.15, -0.1) is 0 Å². The van der Waals surface area contributed by atoms with Gasteiger partial charge >= 0.3 is 0 Å². The standard InChI is InChI=1S/C17H26ClN3O/c1-21(2)16(14-7-3-4-9-15(14)18)11-20-17(22)13-8-5-6-12(13)10-19/h3-4,7,9,12-13,16H,5-6,8,10-11,19H2,1-2H3,(H,20,22)/t12-,13-,16?/m1/s1. The summed E-state index contributed by atoms with van der Waals surface area (Å²) in [6.07, 6.45) is 3.12. The van der Waals surface area contributed by atoms with Gasteiger partial charge in [0, 0.05) is 17.5 Å². The number of carbonyl (C=O) groups excluding carboxylic acids is 1. The van der Waals surface area contributed by atoms with E-state index in [9.17, 15) is 4.79 Å². The zero-order valence-corrected chi connectivity index (χ0v) is 14.1. The van der Waals surface area contributed by atoms with Crippen LogP contribution in [0.15, 0.2) is 24.3 Å². The van der Waals surface area contributed by atoms with Gasteiger partial charge in [0.25, 0.3) is 0 Å². The first-order valence-corrected chi connectivity index (χ1v) is 8.31. The first kappa shape index (κ1) is 17.3. The van der Waals surface area contributed by atoms with Crippen molar-refractivity contribution in [1.29, 1.82) is 0 Å². The zero-order chi connectivity index (χ0) is 16.1. The molecule has 0 radical (unpaired) electrons. The van der Waals surface area contributed by atoms with Crippen LogP contribution < -0.4 is 11.1 Å². The van der Waals surface area contributed by atoms with Gasteiger partial charge in [-0.05, 0) is 51.0 Å². The normalized spacial score (nSPS) is 22.8. The fourth-order valence-corrected chi connectivity index (χ4v) is 3.57. The molecule has 22 heavy (non-hydrogen) atoms. The van der Waals surface area contributed by atoms with E-state index in [1.54, 1.807) is 0 Å². The van der Waals surface area contributed by atoms with Crippen LogP contribution in [0.5, 0.6) is 0 Å². The lowest BCUT2D eigenvalue weighted by atomic mass is 9.95. The molecular weight excluding hydrogens is 298 g/mol. The third-order valence-corrected chi connectivity index (χ3v) is 5.00. The monoisotopic (exact) mass is 323 g/mol. The Morgan fingerprint density at radius 3 is 2.77 bits per heavy atom. The summed E-state index contributed by atoms with van der Waals surface area (Å²) in [4.78, 5) is 14.5. The summed E-state index contributed by atoms with van der Waals surface area (Å²) >= 11 is 6.30. The summed E-state index contributed by atoms with van der Waals surface area (Å²) in [5.41, 5.74) is 6.81. The third-order valence-electron chi connectivity index (χ3n) is 4.66. The molecule has 1 saturated carbocycles. The van der Waals surface area contributed by atoms with E-state index < -0.39 is 0 Å². The Bertz CT molecular complexity index is 506. The molecule has 1 aromatic rings. The van der Waals surface area contributed by atoms with Crippen LogP contribution in [0.2, 0.25) is 5.02 Å². The Balaban J connectivity index is 2.01. The number of carbonyl (C=O) groups is 1. The van der Waals surface area contributed by atoms with Gasteiger partial charge in [-0.3, -0.25) is 4.79 Å². The van der Waals surface area contributed by atoms with E-state index in [-0.39, 0.29) is 17.9 Å². The fourth-order valence-electron chi connectivity index (χ4n) is 3.31. The fraction of sp³-hybridized carbons (Fsp3) is 0.588. The molecule has 3 N–H and O–H groups in total. The Morgan fingerprint density at radius 2 is 2.14 bits per heavy atom. The maximum atomic E-state index is 12.4. The van der Waals surface area contributed by atoms with Gasteiger partial charge in [0.1, 0.15) is 0 Å². The number of amides is 1. The number of rotatable bonds is 6. The van der Waals surface area contributed by atoms with Crippen LogP contribution in [0, 0.1) is 11.8 Å². The lowest BCUT2D eigenvalue weighted by molar-refractivity contribution is -0.126. The zero-order valence-electron chi connectivity index (χ0n) is 13.4. The van der Waals surface area contributed by atoms with Crippen LogP contribution >= 0.6 is 11.6 Å². The molecule has 0 aromatic heterocycles. The second-order valence-corrected chi connectivity index (χ2v) is 6.69. The van der Waals surface area contributed by atoms with Gasteiger partial charge in [-0.2, -0.15) is 0 Å². The lowest BCUT2D eigenvalue weighted by Crippen LogP contribution is -2.39. The van der Waals surface area contributed by atoms with Gasteiger partial charge in [-0.25, -0.2) is 0 Å². The van der Waals surface area contributed by atoms with E-state index in [0.29, 0.717) is 19.0 Å². The van der Waals surface area contributed by atoms with Crippen LogP contribution in [0.3, 0.4) is 0 Å². The molecule has 1 fully saturated rings. The minimum absolute atomic E-state index is 0.0652. The van der Waals surface area contributed by atoms with E-state index in [2.05, 4.69) is 10.2 Å². The van der Waals surface area contributed by atoms with Crippen LogP contribution in [-0.2, 0) is 4.79 Å². The van der Waals surface area contributed by atoms with E-state index in [1.807, 2.05) is 38.4 Å². The number of nitrogens with one attached hydrogen (secondary N) is 1. The average molecular weight is 324 g/mol. The van der Waals surface area contributed by atoms with Crippen molar-refractivity contribution >= 4 is 17.5 Å². The SMILES string of the molecule is CN(C)C(CNC(=O)[C@@H]1CCC[C@@H]1CN)c1ccccc1Cl. The van der Waals surface area contributed by atoms with E-state index in [4.69, 9.17) is 17.3 Å².